The van der Waals surface area contributed by atoms with E-state index >= 15 is 0 Å². The minimum absolute atomic E-state index is 0.155. The third-order valence-electron chi connectivity index (χ3n) is 3.66. The van der Waals surface area contributed by atoms with Crippen molar-refractivity contribution in [2.24, 2.45) is 0 Å². The normalized spacial score (nSPS) is 13.4. The quantitative estimate of drug-likeness (QED) is 0.784. The molecule has 0 saturated carbocycles. The van der Waals surface area contributed by atoms with Gasteiger partial charge in [0.05, 0.1) is 16.1 Å². The second-order valence-corrected chi connectivity index (χ2v) is 8.13. The number of carbonyl (C=O) groups excluding carboxylic acids is 4. The second-order valence-electron chi connectivity index (χ2n) is 7.08. The lowest BCUT2D eigenvalue weighted by Gasteiger charge is -2.19. The van der Waals surface area contributed by atoms with Crippen LogP contribution in [0.1, 0.15) is 56.7 Å². The van der Waals surface area contributed by atoms with Crippen molar-refractivity contribution in [3.63, 3.8) is 0 Å². The number of rotatable bonds is 3. The van der Waals surface area contributed by atoms with Gasteiger partial charge in [0.25, 0.3) is 11.8 Å². The molecule has 0 aliphatic carbocycles. The summed E-state index contributed by atoms with van der Waals surface area (Å²) in [4.78, 5) is 54.2. The van der Waals surface area contributed by atoms with Crippen LogP contribution in [0, 0.1) is 6.92 Å². The largest absolute Gasteiger partial charge is 0.444 e. The average Bonchev–Trinajstić information content (AvgIpc) is 3.06. The molecule has 1 aliphatic heterocycles. The molecule has 0 saturated heterocycles. The minimum atomic E-state index is -0.866. The molecule has 1 aliphatic rings. The molecule has 0 atom stereocenters. The summed E-state index contributed by atoms with van der Waals surface area (Å²) >= 11 is 0.956. The summed E-state index contributed by atoms with van der Waals surface area (Å²) in [5, 5.41) is 3.37. The number of carbonyl (C=O) groups is 4. The molecular formula is C19H18N2O6S. The van der Waals surface area contributed by atoms with Crippen molar-refractivity contribution in [1.82, 2.24) is 5.06 Å². The van der Waals surface area contributed by atoms with Crippen LogP contribution in [-0.4, -0.2) is 34.5 Å². The predicted molar refractivity (Wildman–Crippen MR) is 101 cm³/mol. The first-order chi connectivity index (χ1) is 13.1. The van der Waals surface area contributed by atoms with Crippen LogP contribution >= 0.6 is 11.3 Å². The number of anilines is 1. The van der Waals surface area contributed by atoms with Gasteiger partial charge in [-0.25, -0.2) is 9.59 Å². The highest BCUT2D eigenvalue weighted by Gasteiger charge is 2.39. The van der Waals surface area contributed by atoms with Gasteiger partial charge < -0.3 is 9.57 Å². The van der Waals surface area contributed by atoms with Gasteiger partial charge in [0.15, 0.2) is 0 Å². The number of ether oxygens (including phenoxy) is 1. The van der Waals surface area contributed by atoms with E-state index in [-0.39, 0.29) is 16.0 Å². The average molecular weight is 402 g/mol. The number of benzene rings is 1. The predicted octanol–water partition coefficient (Wildman–Crippen LogP) is 3.77. The minimum Gasteiger partial charge on any atom is -0.444 e. The van der Waals surface area contributed by atoms with E-state index in [0.717, 1.165) is 11.3 Å². The number of aryl methyl sites for hydroxylation is 1. The van der Waals surface area contributed by atoms with Gasteiger partial charge in [-0.1, -0.05) is 17.2 Å². The van der Waals surface area contributed by atoms with Crippen LogP contribution in [0.15, 0.2) is 30.3 Å². The second kappa shape index (κ2) is 7.08. The van der Waals surface area contributed by atoms with Gasteiger partial charge in [-0.3, -0.25) is 14.9 Å². The van der Waals surface area contributed by atoms with Gasteiger partial charge in [0.1, 0.15) is 10.5 Å². The van der Waals surface area contributed by atoms with Gasteiger partial charge in [0.2, 0.25) is 0 Å². The van der Waals surface area contributed by atoms with Crippen molar-refractivity contribution in [1.29, 1.82) is 0 Å². The fourth-order valence-electron chi connectivity index (χ4n) is 2.52. The Morgan fingerprint density at radius 2 is 1.64 bits per heavy atom. The highest BCUT2D eigenvalue weighted by molar-refractivity contribution is 7.18. The Hall–Kier alpha value is -3.20. The van der Waals surface area contributed by atoms with E-state index in [1.54, 1.807) is 45.9 Å². The number of hydrogen-bond acceptors (Lipinski definition) is 7. The van der Waals surface area contributed by atoms with E-state index < -0.39 is 29.5 Å². The molecule has 3 rings (SSSR count). The van der Waals surface area contributed by atoms with Crippen LogP contribution in [0.3, 0.4) is 0 Å². The number of imide groups is 1. The summed E-state index contributed by atoms with van der Waals surface area (Å²) in [6.45, 7) is 6.85. The molecule has 146 valence electrons. The fraction of sp³-hybridized carbons (Fsp3) is 0.263. The molecule has 2 aromatic rings. The first-order valence-electron chi connectivity index (χ1n) is 8.37. The standard InChI is InChI=1S/C19H18N2O6S/c1-10-9-13(20-18(25)26-19(2,3)4)28-14(10)17(24)27-21-15(22)11-7-5-6-8-12(11)16(21)23/h5-9H,1-4H3,(H,20,25). The van der Waals surface area contributed by atoms with Crippen molar-refractivity contribution in [3.8, 4) is 0 Å². The van der Waals surface area contributed by atoms with Crippen LogP contribution in [0.25, 0.3) is 0 Å². The molecule has 9 heteroatoms. The Balaban J connectivity index is 1.72. The zero-order valence-corrected chi connectivity index (χ0v) is 16.5. The Labute approximate surface area is 165 Å². The van der Waals surface area contributed by atoms with Gasteiger partial charge in [-0.15, -0.1) is 11.3 Å². The molecule has 1 N–H and O–H groups in total. The third kappa shape index (κ3) is 3.89. The molecule has 2 heterocycles. The van der Waals surface area contributed by atoms with Gasteiger partial charge >= 0.3 is 12.1 Å². The SMILES string of the molecule is Cc1cc(NC(=O)OC(C)(C)C)sc1C(=O)ON1C(=O)c2ccccc2C1=O. The van der Waals surface area contributed by atoms with Gasteiger partial charge in [-0.05, 0) is 51.5 Å². The maximum Gasteiger partial charge on any atom is 0.412 e. The molecule has 0 fully saturated rings. The summed E-state index contributed by atoms with van der Waals surface area (Å²) < 4.78 is 5.17. The molecule has 1 aromatic carbocycles. The van der Waals surface area contributed by atoms with Gasteiger partial charge in [-0.2, -0.15) is 0 Å². The summed E-state index contributed by atoms with van der Waals surface area (Å²) in [5.41, 5.74) is 0.215. The summed E-state index contributed by atoms with van der Waals surface area (Å²) in [7, 11) is 0. The monoisotopic (exact) mass is 402 g/mol. The summed E-state index contributed by atoms with van der Waals surface area (Å²) in [5.74, 6) is -2.26. The first kappa shape index (κ1) is 19.6. The van der Waals surface area contributed by atoms with Crippen molar-refractivity contribution >= 4 is 40.2 Å². The van der Waals surface area contributed by atoms with Crippen molar-refractivity contribution in [2.75, 3.05) is 5.32 Å². The smallest absolute Gasteiger partial charge is 0.412 e. The maximum absolute atomic E-state index is 12.5. The van der Waals surface area contributed by atoms with Crippen molar-refractivity contribution in [3.05, 3.63) is 51.9 Å². The molecule has 8 nitrogen and oxygen atoms in total. The van der Waals surface area contributed by atoms with Gasteiger partial charge in [0, 0.05) is 0 Å². The number of hydroxylamine groups is 2. The fourth-order valence-corrected chi connectivity index (χ4v) is 3.46. The van der Waals surface area contributed by atoms with E-state index in [2.05, 4.69) is 5.32 Å². The molecule has 0 radical (unpaired) electrons. The summed E-state index contributed by atoms with van der Waals surface area (Å²) in [6, 6.07) is 7.79. The van der Waals surface area contributed by atoms with Crippen LogP contribution < -0.4 is 5.32 Å². The van der Waals surface area contributed by atoms with E-state index in [1.165, 1.54) is 12.1 Å². The number of thiophene rings is 1. The zero-order chi connectivity index (χ0) is 20.6. The number of nitrogens with zero attached hydrogens (tertiary/aromatic N) is 1. The lowest BCUT2D eigenvalue weighted by molar-refractivity contribution is -0.0581. The molecular weight excluding hydrogens is 384 g/mol. The number of hydrogen-bond donors (Lipinski definition) is 1. The van der Waals surface area contributed by atoms with Crippen molar-refractivity contribution < 1.29 is 28.8 Å². The molecule has 3 amide bonds. The molecule has 0 unspecified atom stereocenters. The lowest BCUT2D eigenvalue weighted by atomic mass is 10.1. The van der Waals surface area contributed by atoms with Crippen LogP contribution in [-0.2, 0) is 9.57 Å². The zero-order valence-electron chi connectivity index (χ0n) is 15.7. The lowest BCUT2D eigenvalue weighted by Crippen LogP contribution is -2.32. The highest BCUT2D eigenvalue weighted by atomic mass is 32.1. The van der Waals surface area contributed by atoms with E-state index in [9.17, 15) is 19.2 Å². The van der Waals surface area contributed by atoms with E-state index in [0.29, 0.717) is 15.6 Å². The molecule has 0 bridgehead atoms. The maximum atomic E-state index is 12.5. The Morgan fingerprint density at radius 1 is 1.07 bits per heavy atom. The number of nitrogens with one attached hydrogen (secondary N) is 1. The number of fused-ring (bicyclic) bond motifs is 1. The molecule has 28 heavy (non-hydrogen) atoms. The topological polar surface area (TPSA) is 102 Å². The van der Waals surface area contributed by atoms with Crippen LogP contribution in [0.2, 0.25) is 0 Å². The van der Waals surface area contributed by atoms with Crippen LogP contribution in [0.5, 0.6) is 0 Å². The first-order valence-corrected chi connectivity index (χ1v) is 9.19. The van der Waals surface area contributed by atoms with Crippen LogP contribution in [0.4, 0.5) is 9.80 Å². The third-order valence-corrected chi connectivity index (χ3v) is 4.79. The molecule has 0 spiro atoms. The Morgan fingerprint density at radius 3 is 2.18 bits per heavy atom. The highest BCUT2D eigenvalue weighted by Crippen LogP contribution is 2.29. The van der Waals surface area contributed by atoms with E-state index in [1.807, 2.05) is 0 Å². The number of amides is 3. The van der Waals surface area contributed by atoms with Crippen molar-refractivity contribution in [2.45, 2.75) is 33.3 Å². The van der Waals surface area contributed by atoms with E-state index in [4.69, 9.17) is 9.57 Å². The Bertz CT molecular complexity index is 954. The molecule has 1 aromatic heterocycles. The summed E-state index contributed by atoms with van der Waals surface area (Å²) in [6.07, 6.45) is -0.658. The Kier molecular flexibility index (Phi) is 4.95.